The second-order valence-electron chi connectivity index (χ2n) is 8.02. The van der Waals surface area contributed by atoms with Crippen molar-refractivity contribution in [1.29, 1.82) is 0 Å². The Kier molecular flexibility index (Phi) is 8.06. The SMILES string of the molecule is CC(C)c1ccc(CSc2nnc(SCC(=O)Nc3ccccc3N3CCCC3=O)s2)cc1. The van der Waals surface area contributed by atoms with Crippen LogP contribution in [0.4, 0.5) is 11.4 Å². The number of nitrogens with one attached hydrogen (secondary N) is 1. The second kappa shape index (κ2) is 11.2. The number of anilines is 2. The Hall–Kier alpha value is -2.36. The maximum atomic E-state index is 12.5. The van der Waals surface area contributed by atoms with Gasteiger partial charge in [-0.2, -0.15) is 0 Å². The standard InChI is InChI=1S/C24H26N4O2S3/c1-16(2)18-11-9-17(10-12-18)14-31-23-26-27-24(33-23)32-15-21(29)25-19-6-3-4-7-20(19)28-13-5-8-22(28)30/h3-4,6-7,9-12,16H,5,8,13-15H2,1-2H3,(H,25,29). The highest BCUT2D eigenvalue weighted by molar-refractivity contribution is 8.03. The van der Waals surface area contributed by atoms with Crippen LogP contribution in [0.25, 0.3) is 0 Å². The summed E-state index contributed by atoms with van der Waals surface area (Å²) in [7, 11) is 0. The summed E-state index contributed by atoms with van der Waals surface area (Å²) in [6.45, 7) is 5.07. The molecular formula is C24H26N4O2S3. The number of amides is 2. The number of carbonyl (C=O) groups excluding carboxylic acids is 2. The van der Waals surface area contributed by atoms with Gasteiger partial charge in [-0.25, -0.2) is 0 Å². The number of para-hydroxylation sites is 2. The molecule has 0 atom stereocenters. The Balaban J connectivity index is 1.27. The van der Waals surface area contributed by atoms with E-state index in [2.05, 4.69) is 53.6 Å². The van der Waals surface area contributed by atoms with Crippen molar-refractivity contribution in [2.24, 2.45) is 0 Å². The number of hydrogen-bond acceptors (Lipinski definition) is 7. The van der Waals surface area contributed by atoms with E-state index < -0.39 is 0 Å². The monoisotopic (exact) mass is 498 g/mol. The fraction of sp³-hybridized carbons (Fsp3) is 0.333. The van der Waals surface area contributed by atoms with Crippen LogP contribution in [0.1, 0.15) is 43.7 Å². The molecule has 0 unspecified atom stereocenters. The minimum atomic E-state index is -0.131. The average molecular weight is 499 g/mol. The number of carbonyl (C=O) groups is 2. The van der Waals surface area contributed by atoms with Gasteiger partial charge in [-0.1, -0.05) is 85.1 Å². The van der Waals surface area contributed by atoms with Gasteiger partial charge in [0.1, 0.15) is 0 Å². The Morgan fingerprint density at radius 3 is 2.52 bits per heavy atom. The molecule has 2 aromatic carbocycles. The van der Waals surface area contributed by atoms with Crippen LogP contribution in [-0.4, -0.2) is 34.3 Å². The Morgan fingerprint density at radius 2 is 1.82 bits per heavy atom. The van der Waals surface area contributed by atoms with Gasteiger partial charge in [-0.3, -0.25) is 9.59 Å². The summed E-state index contributed by atoms with van der Waals surface area (Å²) in [4.78, 5) is 26.4. The third-order valence-corrected chi connectivity index (χ3v) is 8.53. The van der Waals surface area contributed by atoms with Gasteiger partial charge >= 0.3 is 0 Å². The predicted octanol–water partition coefficient (Wildman–Crippen LogP) is 5.81. The normalized spacial score (nSPS) is 13.7. The summed E-state index contributed by atoms with van der Waals surface area (Å²) in [5.74, 6) is 1.57. The summed E-state index contributed by atoms with van der Waals surface area (Å²) < 4.78 is 1.66. The molecular weight excluding hydrogens is 472 g/mol. The molecule has 3 aromatic rings. The van der Waals surface area contributed by atoms with Crippen LogP contribution >= 0.6 is 34.9 Å². The van der Waals surface area contributed by atoms with Crippen molar-refractivity contribution in [2.45, 2.75) is 47.0 Å². The molecule has 0 radical (unpaired) electrons. The molecule has 6 nitrogen and oxygen atoms in total. The Morgan fingerprint density at radius 1 is 1.09 bits per heavy atom. The van der Waals surface area contributed by atoms with E-state index in [9.17, 15) is 9.59 Å². The van der Waals surface area contributed by atoms with E-state index in [4.69, 9.17) is 0 Å². The Bertz CT molecular complexity index is 1110. The van der Waals surface area contributed by atoms with Gasteiger partial charge in [0.05, 0.1) is 17.1 Å². The molecule has 1 N–H and O–H groups in total. The van der Waals surface area contributed by atoms with Crippen LogP contribution < -0.4 is 10.2 Å². The van der Waals surface area contributed by atoms with E-state index in [-0.39, 0.29) is 17.6 Å². The molecule has 4 rings (SSSR count). The first-order chi connectivity index (χ1) is 16.0. The molecule has 1 fully saturated rings. The van der Waals surface area contributed by atoms with E-state index >= 15 is 0 Å². The molecule has 1 aliphatic heterocycles. The van der Waals surface area contributed by atoms with Crippen LogP contribution in [0.2, 0.25) is 0 Å². The van der Waals surface area contributed by atoms with Gasteiger partial charge in [-0.05, 0) is 35.6 Å². The van der Waals surface area contributed by atoms with E-state index in [1.54, 1.807) is 16.7 Å². The number of rotatable bonds is 9. The molecule has 0 spiro atoms. The average Bonchev–Trinajstić information content (AvgIpc) is 3.45. The molecule has 9 heteroatoms. The predicted molar refractivity (Wildman–Crippen MR) is 137 cm³/mol. The molecule has 1 aromatic heterocycles. The van der Waals surface area contributed by atoms with Crippen LogP contribution in [0.3, 0.4) is 0 Å². The van der Waals surface area contributed by atoms with Gasteiger partial charge < -0.3 is 10.2 Å². The molecule has 2 amide bonds. The first-order valence-corrected chi connectivity index (χ1v) is 13.7. The quantitative estimate of drug-likeness (QED) is 0.375. The van der Waals surface area contributed by atoms with E-state index in [1.807, 2.05) is 24.3 Å². The first-order valence-electron chi connectivity index (χ1n) is 10.9. The largest absolute Gasteiger partial charge is 0.324 e. The van der Waals surface area contributed by atoms with E-state index in [1.165, 1.54) is 34.2 Å². The zero-order valence-electron chi connectivity index (χ0n) is 18.6. The van der Waals surface area contributed by atoms with Crippen LogP contribution in [0.5, 0.6) is 0 Å². The number of aromatic nitrogens is 2. The topological polar surface area (TPSA) is 75.2 Å². The molecule has 0 aliphatic carbocycles. The van der Waals surface area contributed by atoms with Crippen molar-refractivity contribution in [2.75, 3.05) is 22.5 Å². The molecule has 1 saturated heterocycles. The fourth-order valence-electron chi connectivity index (χ4n) is 3.49. The van der Waals surface area contributed by atoms with Crippen molar-refractivity contribution in [1.82, 2.24) is 10.2 Å². The third kappa shape index (κ3) is 6.37. The zero-order valence-corrected chi connectivity index (χ0v) is 21.1. The van der Waals surface area contributed by atoms with Crippen molar-refractivity contribution >= 4 is 58.0 Å². The minimum Gasteiger partial charge on any atom is -0.324 e. The van der Waals surface area contributed by atoms with E-state index in [0.717, 1.165) is 26.5 Å². The first kappa shape index (κ1) is 23.8. The van der Waals surface area contributed by atoms with Crippen molar-refractivity contribution in [3.8, 4) is 0 Å². The summed E-state index contributed by atoms with van der Waals surface area (Å²) in [6.07, 6.45) is 1.40. The van der Waals surface area contributed by atoms with Gasteiger partial charge in [0.15, 0.2) is 8.68 Å². The zero-order chi connectivity index (χ0) is 23.2. The highest BCUT2D eigenvalue weighted by Gasteiger charge is 2.24. The molecule has 2 heterocycles. The highest BCUT2D eigenvalue weighted by Crippen LogP contribution is 2.32. The molecule has 1 aliphatic rings. The summed E-state index contributed by atoms with van der Waals surface area (Å²) in [5.41, 5.74) is 4.01. The molecule has 33 heavy (non-hydrogen) atoms. The maximum Gasteiger partial charge on any atom is 0.234 e. The van der Waals surface area contributed by atoms with Gasteiger partial charge in [0, 0.05) is 18.7 Å². The minimum absolute atomic E-state index is 0.0980. The van der Waals surface area contributed by atoms with Gasteiger partial charge in [-0.15, -0.1) is 10.2 Å². The molecule has 172 valence electrons. The number of benzene rings is 2. The lowest BCUT2D eigenvalue weighted by atomic mass is 10.0. The lowest BCUT2D eigenvalue weighted by Crippen LogP contribution is -2.25. The summed E-state index contributed by atoms with van der Waals surface area (Å²) in [5, 5.41) is 11.4. The number of hydrogen-bond donors (Lipinski definition) is 1. The Labute approximate surface area is 206 Å². The van der Waals surface area contributed by atoms with Crippen LogP contribution in [0.15, 0.2) is 57.2 Å². The number of nitrogens with zero attached hydrogens (tertiary/aromatic N) is 3. The molecule has 0 bridgehead atoms. The number of thioether (sulfide) groups is 2. The van der Waals surface area contributed by atoms with Gasteiger partial charge in [0.25, 0.3) is 0 Å². The fourth-order valence-corrected chi connectivity index (χ4v) is 6.26. The van der Waals surface area contributed by atoms with Crippen molar-refractivity contribution in [3.05, 3.63) is 59.7 Å². The van der Waals surface area contributed by atoms with E-state index in [0.29, 0.717) is 24.6 Å². The van der Waals surface area contributed by atoms with Crippen LogP contribution in [0, 0.1) is 0 Å². The highest BCUT2D eigenvalue weighted by atomic mass is 32.2. The maximum absolute atomic E-state index is 12.5. The third-order valence-electron chi connectivity index (χ3n) is 5.27. The van der Waals surface area contributed by atoms with Crippen LogP contribution in [-0.2, 0) is 15.3 Å². The smallest absolute Gasteiger partial charge is 0.234 e. The molecule has 0 saturated carbocycles. The van der Waals surface area contributed by atoms with Crippen molar-refractivity contribution < 1.29 is 9.59 Å². The second-order valence-corrected chi connectivity index (χ2v) is 11.4. The van der Waals surface area contributed by atoms with Gasteiger partial charge in [0.2, 0.25) is 11.8 Å². The van der Waals surface area contributed by atoms with Crippen molar-refractivity contribution in [3.63, 3.8) is 0 Å². The summed E-state index contributed by atoms with van der Waals surface area (Å²) >= 11 is 4.53. The lowest BCUT2D eigenvalue weighted by Gasteiger charge is -2.19. The lowest BCUT2D eigenvalue weighted by molar-refractivity contribution is -0.117. The summed E-state index contributed by atoms with van der Waals surface area (Å²) in [6, 6.07) is 16.1.